The van der Waals surface area contributed by atoms with Crippen molar-refractivity contribution in [2.24, 2.45) is 0 Å². The molecule has 94 valence electrons. The second-order valence-corrected chi connectivity index (χ2v) is 5.74. The Labute approximate surface area is 104 Å². The van der Waals surface area contributed by atoms with Crippen LogP contribution in [0.2, 0.25) is 0 Å². The number of hydrogen-bond donors (Lipinski definition) is 1. The predicted molar refractivity (Wildman–Crippen MR) is 72.6 cm³/mol. The molecule has 0 radical (unpaired) electrons. The van der Waals surface area contributed by atoms with E-state index in [4.69, 9.17) is 4.74 Å². The van der Waals surface area contributed by atoms with Crippen LogP contribution in [0.3, 0.4) is 0 Å². The zero-order valence-electron chi connectivity index (χ0n) is 11.3. The van der Waals surface area contributed by atoms with Gasteiger partial charge in [0.1, 0.15) is 0 Å². The van der Waals surface area contributed by atoms with Crippen molar-refractivity contribution in [1.29, 1.82) is 0 Å². The van der Waals surface area contributed by atoms with E-state index in [9.17, 15) is 0 Å². The van der Waals surface area contributed by atoms with Gasteiger partial charge in [-0.1, -0.05) is 17.7 Å². The molecule has 1 saturated heterocycles. The molecule has 0 saturated carbocycles. The average molecular weight is 233 g/mol. The number of benzene rings is 1. The molecule has 1 heterocycles. The van der Waals surface area contributed by atoms with Crippen LogP contribution in [0, 0.1) is 13.8 Å². The van der Waals surface area contributed by atoms with Gasteiger partial charge < -0.3 is 10.1 Å². The largest absolute Gasteiger partial charge is 0.382 e. The summed E-state index contributed by atoms with van der Waals surface area (Å²) in [6, 6.07) is 6.52. The number of rotatable bonds is 3. The van der Waals surface area contributed by atoms with Crippen molar-refractivity contribution >= 4 is 5.69 Å². The molecule has 1 aromatic rings. The van der Waals surface area contributed by atoms with Gasteiger partial charge in [-0.05, 0) is 52.2 Å². The van der Waals surface area contributed by atoms with Crippen LogP contribution in [0.15, 0.2) is 18.2 Å². The highest BCUT2D eigenvalue weighted by molar-refractivity contribution is 5.51. The Morgan fingerprint density at radius 3 is 2.71 bits per heavy atom. The van der Waals surface area contributed by atoms with E-state index in [1.54, 1.807) is 0 Å². The van der Waals surface area contributed by atoms with Gasteiger partial charge in [-0.3, -0.25) is 0 Å². The molecule has 1 atom stereocenters. The van der Waals surface area contributed by atoms with E-state index in [0.29, 0.717) is 6.10 Å². The van der Waals surface area contributed by atoms with E-state index >= 15 is 0 Å². The maximum atomic E-state index is 5.97. The first-order valence-corrected chi connectivity index (χ1v) is 6.45. The summed E-state index contributed by atoms with van der Waals surface area (Å²) in [6.07, 6.45) is 2.67. The minimum atomic E-state index is 0.0642. The standard InChI is InChI=1S/C15H23NO/c1-11-5-6-14(12(2)9-11)16-10-13-7-8-15(3,4)17-13/h5-6,9,13,16H,7-8,10H2,1-4H3. The van der Waals surface area contributed by atoms with Gasteiger partial charge in [0.05, 0.1) is 11.7 Å². The van der Waals surface area contributed by atoms with Gasteiger partial charge >= 0.3 is 0 Å². The number of ether oxygens (including phenoxy) is 1. The quantitative estimate of drug-likeness (QED) is 0.860. The van der Waals surface area contributed by atoms with Crippen LogP contribution < -0.4 is 5.32 Å². The molecule has 2 rings (SSSR count). The van der Waals surface area contributed by atoms with Gasteiger partial charge in [0.25, 0.3) is 0 Å². The van der Waals surface area contributed by atoms with Crippen LogP contribution in [-0.2, 0) is 4.74 Å². The van der Waals surface area contributed by atoms with E-state index in [0.717, 1.165) is 19.4 Å². The van der Waals surface area contributed by atoms with E-state index in [-0.39, 0.29) is 5.60 Å². The number of anilines is 1. The predicted octanol–water partition coefficient (Wildman–Crippen LogP) is 3.67. The molecule has 1 N–H and O–H groups in total. The fourth-order valence-electron chi connectivity index (χ4n) is 2.46. The van der Waals surface area contributed by atoms with Crippen LogP contribution in [0.1, 0.15) is 37.8 Å². The normalized spacial score (nSPS) is 22.7. The smallest absolute Gasteiger partial charge is 0.0755 e. The van der Waals surface area contributed by atoms with Crippen molar-refractivity contribution in [3.05, 3.63) is 29.3 Å². The summed E-state index contributed by atoms with van der Waals surface area (Å²) in [4.78, 5) is 0. The Balaban J connectivity index is 1.90. The third-order valence-corrected chi connectivity index (χ3v) is 3.46. The topological polar surface area (TPSA) is 21.3 Å². The summed E-state index contributed by atoms with van der Waals surface area (Å²) in [5.74, 6) is 0. The molecule has 2 nitrogen and oxygen atoms in total. The molecule has 2 heteroatoms. The van der Waals surface area contributed by atoms with Crippen molar-refractivity contribution in [3.8, 4) is 0 Å². The van der Waals surface area contributed by atoms with Crippen LogP contribution >= 0.6 is 0 Å². The molecular weight excluding hydrogens is 210 g/mol. The fraction of sp³-hybridized carbons (Fsp3) is 0.600. The monoisotopic (exact) mass is 233 g/mol. The van der Waals surface area contributed by atoms with Crippen molar-refractivity contribution in [2.75, 3.05) is 11.9 Å². The van der Waals surface area contributed by atoms with Gasteiger partial charge in [-0.15, -0.1) is 0 Å². The number of hydrogen-bond acceptors (Lipinski definition) is 2. The maximum absolute atomic E-state index is 5.97. The molecule has 0 bridgehead atoms. The van der Waals surface area contributed by atoms with Gasteiger partial charge in [-0.2, -0.15) is 0 Å². The first kappa shape index (κ1) is 12.4. The van der Waals surface area contributed by atoms with Crippen molar-refractivity contribution in [1.82, 2.24) is 0 Å². The average Bonchev–Trinajstić information content (AvgIpc) is 2.57. The zero-order chi connectivity index (χ0) is 12.5. The molecule has 17 heavy (non-hydrogen) atoms. The van der Waals surface area contributed by atoms with E-state index in [1.165, 1.54) is 16.8 Å². The third kappa shape index (κ3) is 3.22. The van der Waals surface area contributed by atoms with Gasteiger partial charge in [0.2, 0.25) is 0 Å². The summed E-state index contributed by atoms with van der Waals surface area (Å²) in [5, 5.41) is 3.49. The molecule has 0 spiro atoms. The lowest BCUT2D eigenvalue weighted by atomic mass is 10.1. The number of aryl methyl sites for hydroxylation is 2. The molecule has 0 aromatic heterocycles. The lowest BCUT2D eigenvalue weighted by Gasteiger charge is -2.20. The van der Waals surface area contributed by atoms with Crippen molar-refractivity contribution < 1.29 is 4.74 Å². The molecule has 1 unspecified atom stereocenters. The van der Waals surface area contributed by atoms with Gasteiger partial charge in [-0.25, -0.2) is 0 Å². The van der Waals surface area contributed by atoms with Crippen LogP contribution in [0.5, 0.6) is 0 Å². The Kier molecular flexibility index (Phi) is 3.43. The highest BCUT2D eigenvalue weighted by Crippen LogP contribution is 2.29. The van der Waals surface area contributed by atoms with Crippen LogP contribution in [0.25, 0.3) is 0 Å². The molecule has 1 aliphatic heterocycles. The second kappa shape index (κ2) is 4.69. The Hall–Kier alpha value is -1.02. The summed E-state index contributed by atoms with van der Waals surface area (Å²) in [7, 11) is 0. The first-order chi connectivity index (χ1) is 7.96. The van der Waals surface area contributed by atoms with Crippen LogP contribution in [0.4, 0.5) is 5.69 Å². The first-order valence-electron chi connectivity index (χ1n) is 6.45. The fourth-order valence-corrected chi connectivity index (χ4v) is 2.46. The third-order valence-electron chi connectivity index (χ3n) is 3.46. The minimum Gasteiger partial charge on any atom is -0.382 e. The SMILES string of the molecule is Cc1ccc(NCC2CCC(C)(C)O2)c(C)c1. The summed E-state index contributed by atoms with van der Waals surface area (Å²) in [5.41, 5.74) is 3.91. The Morgan fingerprint density at radius 2 is 2.12 bits per heavy atom. The lowest BCUT2D eigenvalue weighted by Crippen LogP contribution is -2.25. The molecular formula is C15H23NO. The van der Waals surface area contributed by atoms with Crippen molar-refractivity contribution in [2.45, 2.75) is 52.2 Å². The van der Waals surface area contributed by atoms with E-state index in [1.807, 2.05) is 0 Å². The van der Waals surface area contributed by atoms with Gasteiger partial charge in [0, 0.05) is 12.2 Å². The highest BCUT2D eigenvalue weighted by atomic mass is 16.5. The highest BCUT2D eigenvalue weighted by Gasteiger charge is 2.31. The second-order valence-electron chi connectivity index (χ2n) is 5.74. The molecule has 0 aliphatic carbocycles. The van der Waals surface area contributed by atoms with Gasteiger partial charge in [0.15, 0.2) is 0 Å². The van der Waals surface area contributed by atoms with Crippen LogP contribution in [-0.4, -0.2) is 18.2 Å². The minimum absolute atomic E-state index is 0.0642. The molecule has 1 aliphatic rings. The molecule has 1 aromatic carbocycles. The Morgan fingerprint density at radius 1 is 1.35 bits per heavy atom. The van der Waals surface area contributed by atoms with Crippen molar-refractivity contribution in [3.63, 3.8) is 0 Å². The van der Waals surface area contributed by atoms with E-state index < -0.39 is 0 Å². The molecule has 1 fully saturated rings. The summed E-state index contributed by atoms with van der Waals surface area (Å²) < 4.78 is 5.97. The summed E-state index contributed by atoms with van der Waals surface area (Å²) >= 11 is 0. The zero-order valence-corrected chi connectivity index (χ0v) is 11.3. The maximum Gasteiger partial charge on any atom is 0.0755 e. The summed E-state index contributed by atoms with van der Waals surface area (Å²) in [6.45, 7) is 9.52. The number of nitrogens with one attached hydrogen (secondary N) is 1. The Bertz CT molecular complexity index is 398. The van der Waals surface area contributed by atoms with E-state index in [2.05, 4.69) is 51.2 Å². The lowest BCUT2D eigenvalue weighted by molar-refractivity contribution is -0.00911. The molecule has 0 amide bonds.